The smallest absolute Gasteiger partial charge is 0.410 e. The number of carbonyl (C=O) groups is 3. The SMILES string of the molecule is CC(C)(C)OC(=O)NC1CC2CCC(C1)N2c1ccc(C(=O)C=CC2CCN(C(=O)OCc3ccccc3)CC2)cn1. The predicted octanol–water partition coefficient (Wildman–Crippen LogP) is 5.89. The highest BCUT2D eigenvalue weighted by molar-refractivity contribution is 6.04. The topological polar surface area (TPSA) is 101 Å². The van der Waals surface area contributed by atoms with Crippen LogP contribution in [0.15, 0.2) is 60.8 Å². The molecule has 3 aliphatic heterocycles. The fraction of sp³-hybridized carbons (Fsp3) is 0.515. The molecule has 9 nitrogen and oxygen atoms in total. The summed E-state index contributed by atoms with van der Waals surface area (Å²) >= 11 is 0. The van der Waals surface area contributed by atoms with Gasteiger partial charge in [-0.15, -0.1) is 0 Å². The Kier molecular flexibility index (Phi) is 9.14. The number of aromatic nitrogens is 1. The summed E-state index contributed by atoms with van der Waals surface area (Å²) in [5, 5.41) is 3.05. The number of nitrogens with one attached hydrogen (secondary N) is 1. The average molecular weight is 575 g/mol. The maximum atomic E-state index is 12.9. The summed E-state index contributed by atoms with van der Waals surface area (Å²) in [5.74, 6) is 1.05. The number of likely N-dealkylation sites (tertiary alicyclic amines) is 1. The lowest BCUT2D eigenvalue weighted by Gasteiger charge is -2.40. The van der Waals surface area contributed by atoms with Crippen LogP contribution in [0.25, 0.3) is 0 Å². The molecule has 3 fully saturated rings. The van der Waals surface area contributed by atoms with Crippen LogP contribution in [0.5, 0.6) is 0 Å². The highest BCUT2D eigenvalue weighted by Crippen LogP contribution is 2.38. The number of pyridine rings is 1. The first-order chi connectivity index (χ1) is 20.1. The van der Waals surface area contributed by atoms with Gasteiger partial charge < -0.3 is 24.6 Å². The normalized spacial score (nSPS) is 22.7. The lowest BCUT2D eigenvalue weighted by Crippen LogP contribution is -2.51. The summed E-state index contributed by atoms with van der Waals surface area (Å²) in [6.07, 6.45) is 10.0. The molecule has 3 saturated heterocycles. The molecule has 2 atom stereocenters. The van der Waals surface area contributed by atoms with Crippen LogP contribution in [0.3, 0.4) is 0 Å². The predicted molar refractivity (Wildman–Crippen MR) is 160 cm³/mol. The van der Waals surface area contributed by atoms with E-state index in [0.29, 0.717) is 30.7 Å². The van der Waals surface area contributed by atoms with Crippen molar-refractivity contribution in [2.45, 2.75) is 89.6 Å². The van der Waals surface area contributed by atoms with Gasteiger partial charge in [0.1, 0.15) is 18.0 Å². The van der Waals surface area contributed by atoms with E-state index in [1.54, 1.807) is 17.2 Å². The van der Waals surface area contributed by atoms with Crippen LogP contribution in [0.1, 0.15) is 75.2 Å². The maximum absolute atomic E-state index is 12.9. The quantitative estimate of drug-likeness (QED) is 0.325. The van der Waals surface area contributed by atoms with E-state index >= 15 is 0 Å². The highest BCUT2D eigenvalue weighted by Gasteiger charge is 2.42. The molecule has 42 heavy (non-hydrogen) atoms. The van der Waals surface area contributed by atoms with Crippen molar-refractivity contribution in [2.75, 3.05) is 18.0 Å². The second kappa shape index (κ2) is 13.0. The number of alkyl carbamates (subject to hydrolysis) is 1. The van der Waals surface area contributed by atoms with Gasteiger partial charge >= 0.3 is 12.2 Å². The number of ether oxygens (including phenoxy) is 2. The third-order valence-corrected chi connectivity index (χ3v) is 8.27. The van der Waals surface area contributed by atoms with Crippen molar-refractivity contribution in [3.8, 4) is 0 Å². The summed E-state index contributed by atoms with van der Waals surface area (Å²) in [7, 11) is 0. The van der Waals surface area contributed by atoms with E-state index < -0.39 is 5.60 Å². The van der Waals surface area contributed by atoms with Crippen molar-refractivity contribution in [2.24, 2.45) is 5.92 Å². The molecule has 0 spiro atoms. The van der Waals surface area contributed by atoms with Crippen LogP contribution in [0, 0.1) is 5.92 Å². The number of piperidine rings is 2. The molecule has 1 aromatic carbocycles. The Labute approximate surface area is 248 Å². The van der Waals surface area contributed by atoms with Crippen LogP contribution < -0.4 is 10.2 Å². The molecule has 0 saturated carbocycles. The van der Waals surface area contributed by atoms with Crippen LogP contribution in [0.2, 0.25) is 0 Å². The van der Waals surface area contributed by atoms with E-state index in [2.05, 4.69) is 15.2 Å². The van der Waals surface area contributed by atoms with Gasteiger partial charge in [0.25, 0.3) is 0 Å². The minimum atomic E-state index is -0.516. The van der Waals surface area contributed by atoms with Gasteiger partial charge in [-0.1, -0.05) is 36.4 Å². The van der Waals surface area contributed by atoms with Crippen molar-refractivity contribution in [3.05, 3.63) is 71.9 Å². The molecule has 2 aromatic rings. The van der Waals surface area contributed by atoms with Crippen LogP contribution >= 0.6 is 0 Å². The zero-order valence-electron chi connectivity index (χ0n) is 24.8. The monoisotopic (exact) mass is 574 g/mol. The van der Waals surface area contributed by atoms with Crippen molar-refractivity contribution in [1.29, 1.82) is 0 Å². The number of carbonyl (C=O) groups excluding carboxylic acids is 3. The van der Waals surface area contributed by atoms with Crippen LogP contribution in [-0.4, -0.2) is 64.7 Å². The van der Waals surface area contributed by atoms with E-state index in [9.17, 15) is 14.4 Å². The second-order valence-corrected chi connectivity index (χ2v) is 12.6. The van der Waals surface area contributed by atoms with E-state index in [4.69, 9.17) is 9.47 Å². The zero-order chi connectivity index (χ0) is 29.7. The van der Waals surface area contributed by atoms with Gasteiger partial charge in [-0.05, 0) is 89.0 Å². The average Bonchev–Trinajstić information content (AvgIpc) is 3.24. The van der Waals surface area contributed by atoms with Crippen molar-refractivity contribution < 1.29 is 23.9 Å². The number of ketones is 1. The zero-order valence-corrected chi connectivity index (χ0v) is 24.8. The standard InChI is InChI=1S/C33H42N4O5/c1-33(2,3)42-31(39)35-26-19-27-11-12-28(20-26)37(27)30-14-10-25(21-34-30)29(38)13-9-23-15-17-36(18-16-23)32(40)41-22-24-7-5-4-6-8-24/h4-10,13-14,21,23,26-28H,11-12,15-20,22H2,1-3H3,(H,35,39). The molecule has 1 N–H and O–H groups in total. The summed E-state index contributed by atoms with van der Waals surface area (Å²) in [6, 6.07) is 14.1. The number of rotatable bonds is 7. The van der Waals surface area contributed by atoms with Crippen molar-refractivity contribution in [3.63, 3.8) is 0 Å². The number of benzene rings is 1. The molecule has 0 aliphatic carbocycles. The molecule has 224 valence electrons. The minimum absolute atomic E-state index is 0.0676. The third kappa shape index (κ3) is 7.69. The fourth-order valence-electron chi connectivity index (χ4n) is 6.23. The maximum Gasteiger partial charge on any atom is 0.410 e. The number of amides is 2. The fourth-order valence-corrected chi connectivity index (χ4v) is 6.23. The van der Waals surface area contributed by atoms with Gasteiger partial charge in [-0.2, -0.15) is 0 Å². The molecule has 2 amide bonds. The number of hydrogen-bond acceptors (Lipinski definition) is 7. The largest absolute Gasteiger partial charge is 0.445 e. The Morgan fingerprint density at radius 3 is 2.29 bits per heavy atom. The molecule has 0 radical (unpaired) electrons. The van der Waals surface area contributed by atoms with E-state index in [-0.39, 0.29) is 36.5 Å². The van der Waals surface area contributed by atoms with Gasteiger partial charge in [0.2, 0.25) is 0 Å². The Bertz CT molecular complexity index is 1250. The van der Waals surface area contributed by atoms with Gasteiger partial charge in [0, 0.05) is 43.0 Å². The van der Waals surface area contributed by atoms with E-state index in [1.165, 1.54) is 0 Å². The van der Waals surface area contributed by atoms with Crippen LogP contribution in [0.4, 0.5) is 15.4 Å². The highest BCUT2D eigenvalue weighted by atomic mass is 16.6. The van der Waals surface area contributed by atoms with Crippen molar-refractivity contribution in [1.82, 2.24) is 15.2 Å². The number of nitrogens with zero attached hydrogens (tertiary/aromatic N) is 3. The molecule has 5 rings (SSSR count). The molecular weight excluding hydrogens is 532 g/mol. The Morgan fingerprint density at radius 2 is 1.67 bits per heavy atom. The molecule has 2 bridgehead atoms. The lowest BCUT2D eigenvalue weighted by atomic mass is 9.96. The number of anilines is 1. The van der Waals surface area contributed by atoms with Gasteiger partial charge in [0.15, 0.2) is 5.78 Å². The van der Waals surface area contributed by atoms with E-state index in [1.807, 2.05) is 69.3 Å². The molecule has 9 heteroatoms. The number of fused-ring (bicyclic) bond motifs is 2. The summed E-state index contributed by atoms with van der Waals surface area (Å²) < 4.78 is 10.9. The van der Waals surface area contributed by atoms with E-state index in [0.717, 1.165) is 49.9 Å². The first kappa shape index (κ1) is 29.6. The van der Waals surface area contributed by atoms with Crippen LogP contribution in [-0.2, 0) is 16.1 Å². The lowest BCUT2D eigenvalue weighted by molar-refractivity contribution is 0.0492. The molecule has 1 aromatic heterocycles. The van der Waals surface area contributed by atoms with Gasteiger partial charge in [-0.3, -0.25) is 4.79 Å². The summed E-state index contributed by atoms with van der Waals surface area (Å²) in [5.41, 5.74) is 1.01. The summed E-state index contributed by atoms with van der Waals surface area (Å²) in [4.78, 5) is 46.3. The third-order valence-electron chi connectivity index (χ3n) is 8.27. The van der Waals surface area contributed by atoms with Crippen molar-refractivity contribution >= 4 is 23.8 Å². The Hall–Kier alpha value is -3.88. The molecule has 3 aliphatic rings. The first-order valence-electron chi connectivity index (χ1n) is 15.1. The second-order valence-electron chi connectivity index (χ2n) is 12.6. The molecule has 2 unspecified atom stereocenters. The van der Waals surface area contributed by atoms with Gasteiger partial charge in [-0.25, -0.2) is 14.6 Å². The number of hydrogen-bond donors (Lipinski definition) is 1. The summed E-state index contributed by atoms with van der Waals surface area (Å²) in [6.45, 7) is 7.09. The Morgan fingerprint density at radius 1 is 0.976 bits per heavy atom. The number of allylic oxidation sites excluding steroid dienone is 2. The first-order valence-corrected chi connectivity index (χ1v) is 15.1. The Balaban J connectivity index is 1.07. The van der Waals surface area contributed by atoms with Gasteiger partial charge in [0.05, 0.1) is 0 Å². The molecular formula is C33H42N4O5. The molecule has 4 heterocycles. The minimum Gasteiger partial charge on any atom is -0.445 e.